The molecule has 4 heterocycles. The average molecular weight is 847 g/mol. The first kappa shape index (κ1) is 37.3. The predicted molar refractivity (Wildman–Crippen MR) is 177 cm³/mol. The highest BCUT2D eigenvalue weighted by Gasteiger charge is 2.58. The molecular weight excluding hydrogens is 814 g/mol. The number of carbonyl (C=O) groups excluding carboxylic acids is 1. The van der Waals surface area contributed by atoms with Crippen molar-refractivity contribution in [3.63, 3.8) is 0 Å². The third-order valence-electron chi connectivity index (χ3n) is 10.8. The SMILES string of the molecule is CN1C(=O)N(Cc2cc(C(F)(F)F)cc(C(F)(F)F)c2)C(I)C1(CC[N+]12CCC(c3ccccc3)(CC1)CC2)c1ccc(Cl)c(Cl)c1.[Cl-]. The van der Waals surface area contributed by atoms with Gasteiger partial charge in [0.25, 0.3) is 0 Å². The maximum atomic E-state index is 14.0. The average Bonchev–Trinajstić information content (AvgIpc) is 3.22. The monoisotopic (exact) mass is 845 g/mol. The van der Waals surface area contributed by atoms with Gasteiger partial charge in [0.15, 0.2) is 0 Å². The van der Waals surface area contributed by atoms with E-state index in [-0.39, 0.29) is 34.5 Å². The van der Waals surface area contributed by atoms with E-state index in [1.54, 1.807) is 30.1 Å². The Bertz CT molecular complexity index is 1620. The molecule has 4 aliphatic heterocycles. The van der Waals surface area contributed by atoms with Crippen LogP contribution in [0.15, 0.2) is 66.7 Å². The zero-order valence-electron chi connectivity index (χ0n) is 25.8. The Kier molecular flexibility index (Phi) is 10.4. The van der Waals surface area contributed by atoms with E-state index in [1.807, 2.05) is 6.07 Å². The summed E-state index contributed by atoms with van der Waals surface area (Å²) in [7, 11) is 1.64. The van der Waals surface area contributed by atoms with Crippen LogP contribution in [0.2, 0.25) is 10.0 Å². The number of piperidine rings is 3. The molecule has 2 atom stereocenters. The lowest BCUT2D eigenvalue weighted by Crippen LogP contribution is -3.00. The summed E-state index contributed by atoms with van der Waals surface area (Å²) in [5.74, 6) is 0. The predicted octanol–water partition coefficient (Wildman–Crippen LogP) is 6.90. The summed E-state index contributed by atoms with van der Waals surface area (Å²) in [5.41, 5.74) is -1.84. The number of rotatable bonds is 7. The molecule has 3 aromatic rings. The Balaban J connectivity index is 0.00000451. The van der Waals surface area contributed by atoms with Crippen LogP contribution < -0.4 is 12.4 Å². The largest absolute Gasteiger partial charge is 1.00 e. The molecule has 260 valence electrons. The quantitative estimate of drug-likeness (QED) is 0.0836. The van der Waals surface area contributed by atoms with Crippen LogP contribution in [-0.4, -0.2) is 57.6 Å². The minimum atomic E-state index is -5.00. The van der Waals surface area contributed by atoms with Crippen molar-refractivity contribution in [1.82, 2.24) is 9.80 Å². The highest BCUT2D eigenvalue weighted by molar-refractivity contribution is 14.1. The van der Waals surface area contributed by atoms with Gasteiger partial charge in [0.1, 0.15) is 9.59 Å². The first-order chi connectivity index (χ1) is 22.0. The number of amides is 2. The van der Waals surface area contributed by atoms with Gasteiger partial charge in [-0.3, -0.25) is 0 Å². The minimum absolute atomic E-state index is 0. The van der Waals surface area contributed by atoms with Gasteiger partial charge in [-0.2, -0.15) is 26.3 Å². The Labute approximate surface area is 305 Å². The fourth-order valence-corrected chi connectivity index (χ4v) is 9.71. The van der Waals surface area contributed by atoms with Gasteiger partial charge in [-0.15, -0.1) is 0 Å². The standard InChI is InChI=1S/C34H33Cl2F6IN3O.ClH/c1-44-30(47)45(21-22-17-25(33(37,38)39)19-26(18-22)34(40,41)42)29(43)32(44,24-7-8-27(35)28(36)20-24)12-16-46-13-9-31(10-14-46,11-15-46)23-5-3-2-4-6-23;/h2-8,17-20,29H,9-16,21H2,1H3;1H/q+1;/p-1. The van der Waals surface area contributed by atoms with Gasteiger partial charge in [0.2, 0.25) is 0 Å². The maximum Gasteiger partial charge on any atom is 0.416 e. The summed E-state index contributed by atoms with van der Waals surface area (Å²) >= 11 is 14.9. The van der Waals surface area contributed by atoms with Gasteiger partial charge in [0, 0.05) is 44.7 Å². The Morgan fingerprint density at radius 3 is 1.92 bits per heavy atom. The lowest BCUT2D eigenvalue weighted by Gasteiger charge is -2.56. The number of urea groups is 1. The molecule has 0 radical (unpaired) electrons. The molecule has 2 bridgehead atoms. The van der Waals surface area contributed by atoms with Gasteiger partial charge in [0.05, 0.1) is 47.4 Å². The highest BCUT2D eigenvalue weighted by Crippen LogP contribution is 2.51. The molecule has 4 aliphatic rings. The molecule has 48 heavy (non-hydrogen) atoms. The Hall–Kier alpha value is -1.93. The number of alkyl halides is 7. The van der Waals surface area contributed by atoms with E-state index in [0.717, 1.165) is 49.9 Å². The van der Waals surface area contributed by atoms with E-state index in [1.165, 1.54) is 10.5 Å². The normalized spacial score (nSPS) is 27.4. The van der Waals surface area contributed by atoms with Crippen LogP contribution in [0.1, 0.15) is 53.5 Å². The van der Waals surface area contributed by atoms with E-state index in [4.69, 9.17) is 23.2 Å². The highest BCUT2D eigenvalue weighted by atomic mass is 127. The number of carbonyl (C=O) groups is 1. The van der Waals surface area contributed by atoms with Gasteiger partial charge >= 0.3 is 18.4 Å². The Morgan fingerprint density at radius 1 is 0.833 bits per heavy atom. The zero-order valence-corrected chi connectivity index (χ0v) is 30.2. The van der Waals surface area contributed by atoms with Crippen LogP contribution in [0, 0.1) is 0 Å². The van der Waals surface area contributed by atoms with Crippen molar-refractivity contribution in [2.24, 2.45) is 0 Å². The molecule has 2 unspecified atom stereocenters. The number of hydrogen-bond acceptors (Lipinski definition) is 1. The van der Waals surface area contributed by atoms with Crippen LogP contribution in [0.25, 0.3) is 0 Å². The number of nitrogens with zero attached hydrogens (tertiary/aromatic N) is 3. The van der Waals surface area contributed by atoms with E-state index < -0.39 is 45.6 Å². The van der Waals surface area contributed by atoms with Crippen LogP contribution in [0.5, 0.6) is 0 Å². The van der Waals surface area contributed by atoms with Crippen molar-refractivity contribution < 1.29 is 48.0 Å². The minimum Gasteiger partial charge on any atom is -1.00 e. The summed E-state index contributed by atoms with van der Waals surface area (Å²) in [6, 6.07) is 16.7. The second-order valence-corrected chi connectivity index (χ2v) is 15.1. The lowest BCUT2D eigenvalue weighted by molar-refractivity contribution is -0.944. The molecule has 0 N–H and O–H groups in total. The molecule has 7 rings (SSSR count). The van der Waals surface area contributed by atoms with Crippen molar-refractivity contribution in [3.05, 3.63) is 105 Å². The van der Waals surface area contributed by atoms with Gasteiger partial charge in [-0.05, 0) is 47.0 Å². The van der Waals surface area contributed by atoms with Crippen LogP contribution in [0.4, 0.5) is 31.1 Å². The van der Waals surface area contributed by atoms with Crippen molar-refractivity contribution in [2.45, 2.75) is 59.6 Å². The van der Waals surface area contributed by atoms with Crippen LogP contribution >= 0.6 is 45.8 Å². The molecule has 0 aromatic heterocycles. The molecule has 0 aliphatic carbocycles. The molecule has 4 fully saturated rings. The number of quaternary nitrogens is 1. The van der Waals surface area contributed by atoms with Gasteiger partial charge < -0.3 is 26.7 Å². The summed E-state index contributed by atoms with van der Waals surface area (Å²) in [4.78, 5) is 16.9. The number of hydrogen-bond donors (Lipinski definition) is 0. The third kappa shape index (κ3) is 6.63. The first-order valence-corrected chi connectivity index (χ1v) is 17.3. The molecular formula is C34H33Cl3F6IN3O. The fourth-order valence-electron chi connectivity index (χ4n) is 7.89. The topological polar surface area (TPSA) is 23.6 Å². The second kappa shape index (κ2) is 13.3. The number of likely N-dealkylation sites (N-methyl/N-ethyl adjacent to an activating group) is 1. The maximum absolute atomic E-state index is 14.0. The molecule has 2 amide bonds. The smallest absolute Gasteiger partial charge is 0.416 e. The second-order valence-electron chi connectivity index (χ2n) is 13.2. The summed E-state index contributed by atoms with van der Waals surface area (Å²) in [5, 5.41) is 0.615. The molecule has 14 heteroatoms. The van der Waals surface area contributed by atoms with Gasteiger partial charge in [-0.25, -0.2) is 4.79 Å². The van der Waals surface area contributed by atoms with Gasteiger partial charge in [-0.1, -0.05) is 82.2 Å². The Morgan fingerprint density at radius 2 is 1.40 bits per heavy atom. The van der Waals surface area contributed by atoms with Crippen molar-refractivity contribution in [2.75, 3.05) is 33.2 Å². The molecule has 0 spiro atoms. The molecule has 3 aromatic carbocycles. The van der Waals surface area contributed by atoms with Crippen molar-refractivity contribution in [3.8, 4) is 0 Å². The number of fused-ring (bicyclic) bond motifs is 3. The molecule has 0 saturated carbocycles. The van der Waals surface area contributed by atoms with Crippen molar-refractivity contribution >= 4 is 51.8 Å². The first-order valence-electron chi connectivity index (χ1n) is 15.3. The van der Waals surface area contributed by atoms with E-state index in [9.17, 15) is 31.1 Å². The fraction of sp³-hybridized carbons (Fsp3) is 0.441. The third-order valence-corrected chi connectivity index (χ3v) is 13.2. The van der Waals surface area contributed by atoms with Crippen LogP contribution in [0.3, 0.4) is 0 Å². The summed E-state index contributed by atoms with van der Waals surface area (Å²) in [6.07, 6.45) is -6.35. The molecule has 4 saturated heterocycles. The summed E-state index contributed by atoms with van der Waals surface area (Å²) < 4.78 is 82.2. The van der Waals surface area contributed by atoms with Crippen LogP contribution in [-0.2, 0) is 29.9 Å². The van der Waals surface area contributed by atoms with Crippen molar-refractivity contribution in [1.29, 1.82) is 0 Å². The summed E-state index contributed by atoms with van der Waals surface area (Å²) in [6.45, 7) is 3.22. The van der Waals surface area contributed by atoms with E-state index in [0.29, 0.717) is 29.1 Å². The zero-order chi connectivity index (χ0) is 34.0. The number of benzene rings is 3. The number of halogens is 10. The van der Waals surface area contributed by atoms with E-state index >= 15 is 0 Å². The van der Waals surface area contributed by atoms with E-state index in [2.05, 4.69) is 46.9 Å². The lowest BCUT2D eigenvalue weighted by atomic mass is 9.66. The molecule has 4 nitrogen and oxygen atoms in total.